The second-order valence-electron chi connectivity index (χ2n) is 7.83. The van der Waals surface area contributed by atoms with E-state index in [9.17, 15) is 27.6 Å². The second kappa shape index (κ2) is 6.91. The van der Waals surface area contributed by atoms with Gasteiger partial charge < -0.3 is 14.8 Å². The van der Waals surface area contributed by atoms with Gasteiger partial charge in [0.25, 0.3) is 5.91 Å². The summed E-state index contributed by atoms with van der Waals surface area (Å²) >= 11 is 0. The monoisotopic (exact) mass is 433 g/mol. The Labute approximate surface area is 174 Å². The quantitative estimate of drug-likeness (QED) is 0.699. The van der Waals surface area contributed by atoms with Crippen LogP contribution in [0.2, 0.25) is 0 Å². The third-order valence-electron chi connectivity index (χ3n) is 5.93. The fourth-order valence-electron chi connectivity index (χ4n) is 4.47. The Kier molecular flexibility index (Phi) is 4.40. The standard InChI is InChI=1S/C20H18F3N5O3/c21-20(22,23)19-26-16(14-8-24-5-6-27(14)19)10-1-2-12-11(7-10)9-28(18(12)31)13-3-4-15(29)25-17(13)30/h1-2,7,13,24H,3-6,8-9H2,(H,25,29,30). The number of nitrogens with zero attached hydrogens (tertiary/aromatic N) is 3. The molecular formula is C20H18F3N5O3. The molecule has 162 valence electrons. The van der Waals surface area contributed by atoms with Gasteiger partial charge in [0.05, 0.1) is 11.4 Å². The number of nitrogens with one attached hydrogen (secondary N) is 2. The van der Waals surface area contributed by atoms with Gasteiger partial charge in [-0.25, -0.2) is 4.98 Å². The molecule has 0 bridgehead atoms. The minimum Gasteiger partial charge on any atom is -0.322 e. The molecule has 31 heavy (non-hydrogen) atoms. The molecule has 1 aromatic carbocycles. The highest BCUT2D eigenvalue weighted by Gasteiger charge is 2.41. The number of halogens is 3. The predicted molar refractivity (Wildman–Crippen MR) is 100 cm³/mol. The Hall–Kier alpha value is -3.21. The predicted octanol–water partition coefficient (Wildman–Crippen LogP) is 1.43. The van der Waals surface area contributed by atoms with Crippen molar-refractivity contribution in [1.29, 1.82) is 0 Å². The highest BCUT2D eigenvalue weighted by atomic mass is 19.4. The molecule has 0 aliphatic carbocycles. The van der Waals surface area contributed by atoms with Crippen molar-refractivity contribution in [3.8, 4) is 11.3 Å². The zero-order valence-corrected chi connectivity index (χ0v) is 16.3. The fraction of sp³-hybridized carbons (Fsp3) is 0.400. The number of hydrogen-bond donors (Lipinski definition) is 2. The molecule has 3 amide bonds. The zero-order chi connectivity index (χ0) is 21.9. The first-order chi connectivity index (χ1) is 14.7. The number of aromatic nitrogens is 2. The molecule has 1 atom stereocenters. The lowest BCUT2D eigenvalue weighted by atomic mass is 10.0. The summed E-state index contributed by atoms with van der Waals surface area (Å²) in [5.41, 5.74) is 2.18. The summed E-state index contributed by atoms with van der Waals surface area (Å²) in [5, 5.41) is 5.32. The summed E-state index contributed by atoms with van der Waals surface area (Å²) in [5.74, 6) is -2.14. The number of hydrogen-bond acceptors (Lipinski definition) is 5. The zero-order valence-electron chi connectivity index (χ0n) is 16.3. The van der Waals surface area contributed by atoms with Crippen LogP contribution in [0, 0.1) is 0 Å². The van der Waals surface area contributed by atoms with Crippen LogP contribution >= 0.6 is 0 Å². The second-order valence-corrected chi connectivity index (χ2v) is 7.83. The van der Waals surface area contributed by atoms with Gasteiger partial charge in [-0.15, -0.1) is 0 Å². The minimum atomic E-state index is -4.57. The van der Waals surface area contributed by atoms with Crippen LogP contribution in [0.1, 0.15) is 40.3 Å². The molecule has 3 aliphatic heterocycles. The van der Waals surface area contributed by atoms with Crippen LogP contribution in [0.3, 0.4) is 0 Å². The molecule has 1 fully saturated rings. The summed E-state index contributed by atoms with van der Waals surface area (Å²) in [6.07, 6.45) is -4.18. The molecule has 3 aliphatic rings. The van der Waals surface area contributed by atoms with E-state index in [0.29, 0.717) is 28.9 Å². The smallest absolute Gasteiger partial charge is 0.322 e. The Morgan fingerprint density at radius 3 is 2.71 bits per heavy atom. The Balaban J connectivity index is 1.50. The molecule has 0 spiro atoms. The summed E-state index contributed by atoms with van der Waals surface area (Å²) in [7, 11) is 0. The van der Waals surface area contributed by atoms with E-state index in [1.807, 2.05) is 0 Å². The number of imide groups is 1. The molecule has 0 radical (unpaired) electrons. The normalized spacial score (nSPS) is 21.2. The van der Waals surface area contributed by atoms with E-state index < -0.39 is 23.9 Å². The number of carbonyl (C=O) groups excluding carboxylic acids is 3. The molecule has 8 nitrogen and oxygen atoms in total. The van der Waals surface area contributed by atoms with Crippen LogP contribution in [-0.4, -0.2) is 44.8 Å². The van der Waals surface area contributed by atoms with E-state index in [1.54, 1.807) is 18.2 Å². The van der Waals surface area contributed by atoms with Crippen molar-refractivity contribution in [2.75, 3.05) is 6.54 Å². The molecule has 2 aromatic rings. The number of benzene rings is 1. The summed E-state index contributed by atoms with van der Waals surface area (Å²) in [4.78, 5) is 41.7. The largest absolute Gasteiger partial charge is 0.449 e. The average molecular weight is 433 g/mol. The van der Waals surface area contributed by atoms with Gasteiger partial charge in [-0.3, -0.25) is 19.7 Å². The van der Waals surface area contributed by atoms with Crippen LogP contribution in [0.15, 0.2) is 18.2 Å². The number of carbonyl (C=O) groups is 3. The summed E-state index contributed by atoms with van der Waals surface area (Å²) in [6.45, 7) is 1.00. The molecule has 2 N–H and O–H groups in total. The summed E-state index contributed by atoms with van der Waals surface area (Å²) in [6, 6.07) is 4.07. The number of rotatable bonds is 2. The maximum Gasteiger partial charge on any atom is 0.449 e. The lowest BCUT2D eigenvalue weighted by Crippen LogP contribution is -2.52. The van der Waals surface area contributed by atoms with Crippen LogP contribution in [0.5, 0.6) is 0 Å². The average Bonchev–Trinajstić information content (AvgIpc) is 3.26. The van der Waals surface area contributed by atoms with Crippen molar-refractivity contribution in [3.05, 3.63) is 40.8 Å². The molecular weight excluding hydrogens is 415 g/mol. The van der Waals surface area contributed by atoms with Crippen molar-refractivity contribution in [3.63, 3.8) is 0 Å². The number of piperidine rings is 1. The minimum absolute atomic E-state index is 0.148. The lowest BCUT2D eigenvalue weighted by molar-refractivity contribution is -0.147. The molecule has 0 saturated carbocycles. The maximum atomic E-state index is 13.5. The first-order valence-electron chi connectivity index (χ1n) is 9.89. The lowest BCUT2D eigenvalue weighted by Gasteiger charge is -2.29. The SMILES string of the molecule is O=C1CCC(N2Cc3cc(-c4nc(C(F)(F)F)n5c4CNCC5)ccc3C2=O)C(=O)N1. The van der Waals surface area contributed by atoms with Crippen LogP contribution in [0.25, 0.3) is 11.3 Å². The first-order valence-corrected chi connectivity index (χ1v) is 9.89. The van der Waals surface area contributed by atoms with Crippen molar-refractivity contribution < 1.29 is 27.6 Å². The molecule has 11 heteroatoms. The van der Waals surface area contributed by atoms with Crippen molar-refractivity contribution in [2.45, 2.75) is 44.7 Å². The van der Waals surface area contributed by atoms with E-state index in [4.69, 9.17) is 0 Å². The van der Waals surface area contributed by atoms with Crippen molar-refractivity contribution >= 4 is 17.7 Å². The van der Waals surface area contributed by atoms with Crippen LogP contribution in [0.4, 0.5) is 13.2 Å². The first kappa shape index (κ1) is 19.7. The molecule has 5 rings (SSSR count). The van der Waals surface area contributed by atoms with Gasteiger partial charge in [0, 0.05) is 43.7 Å². The van der Waals surface area contributed by atoms with Gasteiger partial charge in [-0.1, -0.05) is 6.07 Å². The third kappa shape index (κ3) is 3.19. The van der Waals surface area contributed by atoms with E-state index >= 15 is 0 Å². The van der Waals surface area contributed by atoms with Crippen molar-refractivity contribution in [1.82, 2.24) is 25.1 Å². The fourth-order valence-corrected chi connectivity index (χ4v) is 4.47. The van der Waals surface area contributed by atoms with Gasteiger partial charge in [-0.05, 0) is 24.1 Å². The Morgan fingerprint density at radius 2 is 1.97 bits per heavy atom. The van der Waals surface area contributed by atoms with Gasteiger partial charge in [0.15, 0.2) is 0 Å². The highest BCUT2D eigenvalue weighted by Crippen LogP contribution is 2.36. The maximum absolute atomic E-state index is 13.5. The number of alkyl halides is 3. The van der Waals surface area contributed by atoms with Crippen molar-refractivity contribution in [2.24, 2.45) is 0 Å². The Morgan fingerprint density at radius 1 is 1.16 bits per heavy atom. The van der Waals surface area contributed by atoms with E-state index in [-0.39, 0.29) is 50.0 Å². The van der Waals surface area contributed by atoms with Gasteiger partial charge in [0.2, 0.25) is 17.6 Å². The number of imidazole rings is 1. The molecule has 1 unspecified atom stereocenters. The van der Waals surface area contributed by atoms with Gasteiger partial charge in [0.1, 0.15) is 6.04 Å². The highest BCUT2D eigenvalue weighted by molar-refractivity contribution is 6.05. The number of fused-ring (bicyclic) bond motifs is 2. The molecule has 1 saturated heterocycles. The van der Waals surface area contributed by atoms with E-state index in [2.05, 4.69) is 15.6 Å². The molecule has 1 aromatic heterocycles. The van der Waals surface area contributed by atoms with Crippen LogP contribution in [-0.2, 0) is 35.4 Å². The molecule has 4 heterocycles. The van der Waals surface area contributed by atoms with E-state index in [1.165, 1.54) is 9.47 Å². The Bertz CT molecular complexity index is 1120. The summed E-state index contributed by atoms with van der Waals surface area (Å²) < 4.78 is 41.6. The third-order valence-corrected chi connectivity index (χ3v) is 5.93. The topological polar surface area (TPSA) is 96.3 Å². The van der Waals surface area contributed by atoms with Gasteiger partial charge >= 0.3 is 6.18 Å². The van der Waals surface area contributed by atoms with E-state index in [0.717, 1.165) is 0 Å². The van der Waals surface area contributed by atoms with Crippen LogP contribution < -0.4 is 10.6 Å². The number of amides is 3. The van der Waals surface area contributed by atoms with Gasteiger partial charge in [-0.2, -0.15) is 13.2 Å².